The minimum Gasteiger partial charge on any atom is -0.467 e. The van der Waals surface area contributed by atoms with Crippen LogP contribution < -0.4 is 4.90 Å². The van der Waals surface area contributed by atoms with Gasteiger partial charge in [-0.1, -0.05) is 54.7 Å². The first kappa shape index (κ1) is 19.4. The van der Waals surface area contributed by atoms with Gasteiger partial charge in [-0.2, -0.15) is 0 Å². The third-order valence-corrected chi connectivity index (χ3v) is 6.36. The van der Waals surface area contributed by atoms with Crippen molar-refractivity contribution in [1.29, 1.82) is 0 Å². The molecule has 0 atom stereocenters. The molecule has 2 heterocycles. The molecule has 5 heteroatoms. The number of carbonyl (C=O) groups is 1. The second kappa shape index (κ2) is 8.21. The third kappa shape index (κ3) is 4.10. The Balaban J connectivity index is 1.68. The molecule has 2 aromatic carbocycles. The highest BCUT2D eigenvalue weighted by atomic mass is 32.1. The molecule has 0 aliphatic rings. The van der Waals surface area contributed by atoms with Gasteiger partial charge in [0.15, 0.2) is 5.13 Å². The number of aryl methyl sites for hydroxylation is 3. The van der Waals surface area contributed by atoms with Crippen LogP contribution in [0.15, 0.2) is 59.2 Å². The smallest absolute Gasteiger partial charge is 0.233 e. The maximum atomic E-state index is 13.3. The van der Waals surface area contributed by atoms with E-state index in [1.165, 1.54) is 11.1 Å². The van der Waals surface area contributed by atoms with Gasteiger partial charge < -0.3 is 4.42 Å². The highest BCUT2D eigenvalue weighted by Gasteiger charge is 2.22. The molecular formula is C24H24N2O2S. The van der Waals surface area contributed by atoms with E-state index in [4.69, 9.17) is 9.40 Å². The van der Waals surface area contributed by atoms with E-state index in [1.807, 2.05) is 24.3 Å². The second-order valence-electron chi connectivity index (χ2n) is 7.28. The van der Waals surface area contributed by atoms with Gasteiger partial charge >= 0.3 is 0 Å². The maximum Gasteiger partial charge on any atom is 0.233 e. The first-order chi connectivity index (χ1) is 14.0. The number of fused-ring (bicyclic) bond motifs is 1. The SMILES string of the molecule is CCc1ccc(CC(=O)N(Cc2ccco2)c2nc3c(C)ccc(C)c3s2)cc1. The highest BCUT2D eigenvalue weighted by molar-refractivity contribution is 7.22. The van der Waals surface area contributed by atoms with Crippen molar-refractivity contribution in [2.45, 2.75) is 40.2 Å². The lowest BCUT2D eigenvalue weighted by molar-refractivity contribution is -0.118. The number of rotatable bonds is 6. The average Bonchev–Trinajstić information content (AvgIpc) is 3.40. The molecule has 4 rings (SSSR count). The monoisotopic (exact) mass is 404 g/mol. The Kier molecular flexibility index (Phi) is 5.49. The van der Waals surface area contributed by atoms with Crippen molar-refractivity contribution in [3.63, 3.8) is 0 Å². The van der Waals surface area contributed by atoms with Crippen molar-refractivity contribution in [3.8, 4) is 0 Å². The lowest BCUT2D eigenvalue weighted by Gasteiger charge is -2.19. The molecule has 0 bridgehead atoms. The van der Waals surface area contributed by atoms with Crippen LogP contribution in [0.4, 0.5) is 5.13 Å². The molecule has 29 heavy (non-hydrogen) atoms. The van der Waals surface area contributed by atoms with E-state index in [0.29, 0.717) is 18.1 Å². The van der Waals surface area contributed by atoms with Crippen LogP contribution in [-0.2, 0) is 24.2 Å². The first-order valence-corrected chi connectivity index (χ1v) is 10.6. The number of thiazole rings is 1. The standard InChI is InChI=1S/C24H24N2O2S/c1-4-18-9-11-19(12-10-18)14-21(27)26(15-20-6-5-13-28-20)24-25-22-16(2)7-8-17(3)23(22)29-24/h5-13H,4,14-15H2,1-3H3. The van der Waals surface area contributed by atoms with Gasteiger partial charge in [0.2, 0.25) is 5.91 Å². The number of hydrogen-bond acceptors (Lipinski definition) is 4. The van der Waals surface area contributed by atoms with Crippen LogP contribution in [0, 0.1) is 13.8 Å². The van der Waals surface area contributed by atoms with Crippen LogP contribution >= 0.6 is 11.3 Å². The molecule has 4 aromatic rings. The fourth-order valence-electron chi connectivity index (χ4n) is 3.35. The average molecular weight is 405 g/mol. The van der Waals surface area contributed by atoms with Crippen molar-refractivity contribution in [3.05, 3.63) is 82.8 Å². The number of aromatic nitrogens is 1. The van der Waals surface area contributed by atoms with Gasteiger partial charge in [0, 0.05) is 0 Å². The Hall–Kier alpha value is -2.92. The molecule has 0 unspecified atom stereocenters. The maximum absolute atomic E-state index is 13.3. The van der Waals surface area contributed by atoms with Gasteiger partial charge in [-0.3, -0.25) is 9.69 Å². The lowest BCUT2D eigenvalue weighted by Crippen LogP contribution is -2.31. The molecule has 0 N–H and O–H groups in total. The largest absolute Gasteiger partial charge is 0.467 e. The second-order valence-corrected chi connectivity index (χ2v) is 8.26. The Morgan fingerprint density at radius 2 is 1.76 bits per heavy atom. The summed E-state index contributed by atoms with van der Waals surface area (Å²) < 4.78 is 6.65. The van der Waals surface area contributed by atoms with Gasteiger partial charge in [0.05, 0.1) is 29.4 Å². The minimum atomic E-state index is 0.0139. The summed E-state index contributed by atoms with van der Waals surface area (Å²) in [7, 11) is 0. The summed E-state index contributed by atoms with van der Waals surface area (Å²) in [5, 5.41) is 0.712. The van der Waals surface area contributed by atoms with Crippen molar-refractivity contribution in [2.75, 3.05) is 4.90 Å². The zero-order valence-corrected chi connectivity index (χ0v) is 17.8. The van der Waals surface area contributed by atoms with Crippen LogP contribution in [-0.4, -0.2) is 10.9 Å². The molecule has 0 radical (unpaired) electrons. The van der Waals surface area contributed by atoms with Crippen LogP contribution in [0.25, 0.3) is 10.2 Å². The summed E-state index contributed by atoms with van der Waals surface area (Å²) in [6.45, 7) is 6.64. The van der Waals surface area contributed by atoms with Gasteiger partial charge in [0.1, 0.15) is 5.76 Å². The van der Waals surface area contributed by atoms with Crippen LogP contribution in [0.3, 0.4) is 0 Å². The van der Waals surface area contributed by atoms with E-state index < -0.39 is 0 Å². The fraction of sp³-hybridized carbons (Fsp3) is 0.250. The van der Waals surface area contributed by atoms with Crippen LogP contribution in [0.2, 0.25) is 0 Å². The van der Waals surface area contributed by atoms with E-state index in [-0.39, 0.29) is 5.91 Å². The van der Waals surface area contributed by atoms with E-state index >= 15 is 0 Å². The van der Waals surface area contributed by atoms with Gasteiger partial charge in [-0.05, 0) is 54.7 Å². The number of anilines is 1. The molecule has 0 fully saturated rings. The predicted molar refractivity (Wildman–Crippen MR) is 119 cm³/mol. The van der Waals surface area contributed by atoms with Crippen LogP contribution in [0.5, 0.6) is 0 Å². The van der Waals surface area contributed by atoms with Gasteiger partial charge in [0.25, 0.3) is 0 Å². The molecule has 0 aliphatic carbocycles. The molecule has 148 valence electrons. The van der Waals surface area contributed by atoms with Crippen LogP contribution in [0.1, 0.15) is 34.9 Å². The molecular weight excluding hydrogens is 380 g/mol. The van der Waals surface area contributed by atoms with Gasteiger partial charge in [-0.15, -0.1) is 0 Å². The number of furan rings is 1. The fourth-order valence-corrected chi connectivity index (χ4v) is 4.48. The Morgan fingerprint density at radius 1 is 1.03 bits per heavy atom. The number of carbonyl (C=O) groups excluding carboxylic acids is 1. The van der Waals surface area contributed by atoms with E-state index in [9.17, 15) is 4.79 Å². The number of amides is 1. The molecule has 0 spiro atoms. The zero-order chi connectivity index (χ0) is 20.4. The molecule has 0 saturated heterocycles. The minimum absolute atomic E-state index is 0.0139. The molecule has 0 saturated carbocycles. The van der Waals surface area contributed by atoms with E-state index in [1.54, 1.807) is 22.5 Å². The summed E-state index contributed by atoms with van der Waals surface area (Å²) in [5.74, 6) is 0.757. The molecule has 2 aromatic heterocycles. The summed E-state index contributed by atoms with van der Waals surface area (Å²) in [4.78, 5) is 19.9. The van der Waals surface area contributed by atoms with Gasteiger partial charge in [-0.25, -0.2) is 4.98 Å². The van der Waals surface area contributed by atoms with Crippen molar-refractivity contribution < 1.29 is 9.21 Å². The number of hydrogen-bond donors (Lipinski definition) is 0. The Bertz CT molecular complexity index is 1090. The van der Waals surface area contributed by atoms with Crippen molar-refractivity contribution in [1.82, 2.24) is 4.98 Å². The summed E-state index contributed by atoms with van der Waals surface area (Å²) in [5.41, 5.74) is 5.54. The molecule has 0 aliphatic heterocycles. The van der Waals surface area contributed by atoms with Crippen molar-refractivity contribution in [2.24, 2.45) is 0 Å². The first-order valence-electron chi connectivity index (χ1n) is 9.82. The summed E-state index contributed by atoms with van der Waals surface area (Å²) in [6.07, 6.45) is 2.95. The summed E-state index contributed by atoms with van der Waals surface area (Å²) >= 11 is 1.57. The molecule has 4 nitrogen and oxygen atoms in total. The Labute approximate surface area is 174 Å². The lowest BCUT2D eigenvalue weighted by atomic mass is 10.1. The normalized spacial score (nSPS) is 11.1. The van der Waals surface area contributed by atoms with E-state index in [2.05, 4.69) is 45.0 Å². The van der Waals surface area contributed by atoms with Crippen molar-refractivity contribution >= 4 is 32.6 Å². The number of benzene rings is 2. The zero-order valence-electron chi connectivity index (χ0n) is 16.9. The van der Waals surface area contributed by atoms with E-state index in [0.717, 1.165) is 33.5 Å². The topological polar surface area (TPSA) is 46.3 Å². The number of nitrogens with zero attached hydrogens (tertiary/aromatic N) is 2. The predicted octanol–water partition coefficient (Wildman–Crippen LogP) is 5.84. The Morgan fingerprint density at radius 3 is 2.41 bits per heavy atom. The third-order valence-electron chi connectivity index (χ3n) is 5.14. The quantitative estimate of drug-likeness (QED) is 0.405. The molecule has 1 amide bonds. The summed E-state index contributed by atoms with van der Waals surface area (Å²) in [6, 6.07) is 16.2. The highest BCUT2D eigenvalue weighted by Crippen LogP contribution is 2.34.